The zero-order valence-electron chi connectivity index (χ0n) is 26.2. The maximum atomic E-state index is 14.1. The molecule has 0 bridgehead atoms. The number of rotatable bonds is 9. The number of halogens is 3. The number of nitrogens with zero attached hydrogens (tertiary/aromatic N) is 5. The maximum absolute atomic E-state index is 14.1. The van der Waals surface area contributed by atoms with Crippen LogP contribution in [0.4, 0.5) is 36.3 Å². The smallest absolute Gasteiger partial charge is 0.421 e. The molecule has 0 radical (unpaired) electrons. The summed E-state index contributed by atoms with van der Waals surface area (Å²) in [5.74, 6) is -0.557. The van der Waals surface area contributed by atoms with Gasteiger partial charge in [-0.1, -0.05) is 12.1 Å². The van der Waals surface area contributed by atoms with Gasteiger partial charge in [-0.25, -0.2) is 4.98 Å². The molecule has 1 saturated heterocycles. The second-order valence-corrected chi connectivity index (χ2v) is 14.1. The number of nitrogens with one attached hydrogen (secondary N) is 2. The van der Waals surface area contributed by atoms with E-state index < -0.39 is 31.3 Å². The first-order valence-electron chi connectivity index (χ1n) is 15.2. The van der Waals surface area contributed by atoms with Crippen LogP contribution in [0.15, 0.2) is 36.5 Å². The van der Waals surface area contributed by atoms with Gasteiger partial charge in [0.15, 0.2) is 0 Å². The van der Waals surface area contributed by atoms with E-state index in [0.29, 0.717) is 29.9 Å². The van der Waals surface area contributed by atoms with Gasteiger partial charge in [-0.05, 0) is 60.7 Å². The Bertz CT molecular complexity index is 1720. The maximum Gasteiger partial charge on any atom is 0.421 e. The van der Waals surface area contributed by atoms with Gasteiger partial charge in [0.05, 0.1) is 30.2 Å². The molecule has 3 heterocycles. The molecule has 1 saturated carbocycles. The van der Waals surface area contributed by atoms with E-state index in [9.17, 15) is 32.3 Å². The SMILES string of the molecule is COc1cc(CP(=O)(O)O)ccc1Nc1ncc(C(F)(F)F)c(Nc2ccc([C@H]3C[C@@H](N4CCN(C)CC4)C3)c3c2C(=O)N(C)C3)n1. The van der Waals surface area contributed by atoms with Gasteiger partial charge in [0, 0.05) is 52.0 Å². The number of aromatic nitrogens is 2. The monoisotopic (exact) mass is 675 g/mol. The lowest BCUT2D eigenvalue weighted by Crippen LogP contribution is -2.52. The molecule has 0 atom stereocenters. The van der Waals surface area contributed by atoms with Crippen LogP contribution in [0, 0.1) is 0 Å². The van der Waals surface area contributed by atoms with E-state index >= 15 is 0 Å². The second-order valence-electron chi connectivity index (χ2n) is 12.4. The second kappa shape index (κ2) is 12.7. The molecule has 2 aliphatic heterocycles. The third-order valence-corrected chi connectivity index (χ3v) is 9.94. The molecule has 0 spiro atoms. The summed E-state index contributed by atoms with van der Waals surface area (Å²) >= 11 is 0. The van der Waals surface area contributed by atoms with Crippen molar-refractivity contribution < 1.29 is 37.1 Å². The van der Waals surface area contributed by atoms with Crippen molar-refractivity contribution in [2.45, 2.75) is 43.7 Å². The summed E-state index contributed by atoms with van der Waals surface area (Å²) in [7, 11) is 0.806. The number of hydrogen-bond acceptors (Lipinski definition) is 9. The fourth-order valence-corrected chi connectivity index (χ4v) is 7.23. The quantitative estimate of drug-likeness (QED) is 0.234. The number of alkyl halides is 3. The van der Waals surface area contributed by atoms with Gasteiger partial charge in [-0.15, -0.1) is 0 Å². The molecular weight excluding hydrogens is 638 g/mol. The van der Waals surface area contributed by atoms with Gasteiger partial charge in [-0.2, -0.15) is 18.2 Å². The van der Waals surface area contributed by atoms with Gasteiger partial charge >= 0.3 is 13.8 Å². The lowest BCUT2D eigenvalue weighted by atomic mass is 9.73. The van der Waals surface area contributed by atoms with E-state index in [-0.39, 0.29) is 34.9 Å². The summed E-state index contributed by atoms with van der Waals surface area (Å²) < 4.78 is 59.2. The molecular formula is C31H37F3N7O5P. The van der Waals surface area contributed by atoms with E-state index in [1.807, 2.05) is 6.07 Å². The first-order valence-corrected chi connectivity index (χ1v) is 17.0. The minimum absolute atomic E-state index is 0.182. The Labute approximate surface area is 270 Å². The predicted octanol–water partition coefficient (Wildman–Crippen LogP) is 4.75. The lowest BCUT2D eigenvalue weighted by Gasteiger charge is -2.46. The third kappa shape index (κ3) is 7.09. The molecule has 3 aromatic rings. The van der Waals surface area contributed by atoms with Crippen LogP contribution in [-0.4, -0.2) is 93.8 Å². The van der Waals surface area contributed by atoms with Gasteiger partial charge in [0.2, 0.25) is 5.95 Å². The van der Waals surface area contributed by atoms with Crippen molar-refractivity contribution in [1.29, 1.82) is 0 Å². The van der Waals surface area contributed by atoms with Crippen molar-refractivity contribution in [3.05, 3.63) is 64.3 Å². The van der Waals surface area contributed by atoms with E-state index in [1.54, 1.807) is 18.0 Å². The number of carbonyl (C=O) groups is 1. The molecule has 47 heavy (non-hydrogen) atoms. The molecule has 3 aliphatic rings. The first-order chi connectivity index (χ1) is 22.2. The van der Waals surface area contributed by atoms with Crippen molar-refractivity contribution in [1.82, 2.24) is 24.7 Å². The first kappa shape index (κ1) is 33.2. The van der Waals surface area contributed by atoms with Crippen molar-refractivity contribution >= 4 is 36.6 Å². The molecule has 1 aromatic heterocycles. The fraction of sp³-hybridized carbons (Fsp3) is 0.452. The van der Waals surface area contributed by atoms with Crippen LogP contribution >= 0.6 is 7.60 Å². The number of anilines is 4. The number of carbonyl (C=O) groups excluding carboxylic acids is 1. The third-order valence-electron chi connectivity index (χ3n) is 9.16. The molecule has 6 rings (SSSR count). The fourth-order valence-electron chi connectivity index (χ4n) is 6.56. The Morgan fingerprint density at radius 1 is 1.04 bits per heavy atom. The molecule has 1 aliphatic carbocycles. The number of ether oxygens (including phenoxy) is 1. The molecule has 2 fully saturated rings. The van der Waals surface area contributed by atoms with Gasteiger partial charge in [0.25, 0.3) is 5.91 Å². The number of hydrogen-bond donors (Lipinski definition) is 4. The normalized spacial score (nSPS) is 20.6. The molecule has 0 unspecified atom stereocenters. The van der Waals surface area contributed by atoms with E-state index in [2.05, 4.69) is 37.4 Å². The summed E-state index contributed by atoms with van der Waals surface area (Å²) in [5, 5.41) is 5.63. The summed E-state index contributed by atoms with van der Waals surface area (Å²) in [6.45, 7) is 4.50. The number of amides is 1. The molecule has 2 aromatic carbocycles. The molecule has 1 amide bonds. The number of methoxy groups -OCH3 is 1. The Morgan fingerprint density at radius 3 is 2.40 bits per heavy atom. The Balaban J connectivity index is 1.27. The highest BCUT2D eigenvalue weighted by Gasteiger charge is 2.40. The highest BCUT2D eigenvalue weighted by molar-refractivity contribution is 7.50. The average Bonchev–Trinajstić information content (AvgIpc) is 3.28. The molecule has 16 heteroatoms. The van der Waals surface area contributed by atoms with Gasteiger partial charge in [0.1, 0.15) is 17.1 Å². The summed E-state index contributed by atoms with van der Waals surface area (Å²) in [5.41, 5.74) is 1.91. The highest BCUT2D eigenvalue weighted by Crippen LogP contribution is 2.46. The Morgan fingerprint density at radius 2 is 1.74 bits per heavy atom. The van der Waals surface area contributed by atoms with Crippen LogP contribution in [0.25, 0.3) is 0 Å². The number of benzene rings is 2. The standard InChI is InChI=1S/C31H37F3N7O5P/c1-39-8-10-41(11-9-39)20-13-19(14-20)21-5-7-25(27-22(21)16-40(2)29(27)42)36-28-23(31(32,33)34)15-35-30(38-28)37-24-6-4-18(12-26(24)46-3)17-47(43,44)45/h4-7,12,15,19-20H,8-11,13-14,16-17H2,1-3H3,(H2,43,44,45)(H2,35,36,37,38)/t19-,20+. The van der Waals surface area contributed by atoms with Crippen molar-refractivity contribution in [3.63, 3.8) is 0 Å². The van der Waals surface area contributed by atoms with Crippen LogP contribution in [0.1, 0.15) is 51.4 Å². The summed E-state index contributed by atoms with van der Waals surface area (Å²) in [6, 6.07) is 8.39. The minimum Gasteiger partial charge on any atom is -0.495 e. The lowest BCUT2D eigenvalue weighted by molar-refractivity contribution is -0.137. The predicted molar refractivity (Wildman–Crippen MR) is 169 cm³/mol. The van der Waals surface area contributed by atoms with Crippen LogP contribution in [-0.2, 0) is 23.4 Å². The average molecular weight is 676 g/mol. The van der Waals surface area contributed by atoms with E-state index in [0.717, 1.165) is 50.1 Å². The van der Waals surface area contributed by atoms with E-state index in [4.69, 9.17) is 4.74 Å². The largest absolute Gasteiger partial charge is 0.495 e. The van der Waals surface area contributed by atoms with Crippen molar-refractivity contribution in [2.24, 2.45) is 0 Å². The molecule has 252 valence electrons. The topological polar surface area (TPSA) is 143 Å². The number of piperazine rings is 1. The molecule has 4 N–H and O–H groups in total. The van der Waals surface area contributed by atoms with Gasteiger partial charge in [-0.3, -0.25) is 14.3 Å². The highest BCUT2D eigenvalue weighted by atomic mass is 31.2. The van der Waals surface area contributed by atoms with Crippen LogP contribution < -0.4 is 15.4 Å². The zero-order chi connectivity index (χ0) is 33.7. The zero-order valence-corrected chi connectivity index (χ0v) is 27.1. The van der Waals surface area contributed by atoms with E-state index in [1.165, 1.54) is 25.3 Å². The van der Waals surface area contributed by atoms with Crippen LogP contribution in [0.2, 0.25) is 0 Å². The van der Waals surface area contributed by atoms with Crippen molar-refractivity contribution in [3.8, 4) is 5.75 Å². The van der Waals surface area contributed by atoms with Crippen molar-refractivity contribution in [2.75, 3.05) is 58.0 Å². The number of likely N-dealkylation sites (N-methyl/N-ethyl adjacent to an activating group) is 1. The Hall–Kier alpha value is -3.75. The minimum atomic E-state index is -4.79. The van der Waals surface area contributed by atoms with Crippen LogP contribution in [0.3, 0.4) is 0 Å². The summed E-state index contributed by atoms with van der Waals surface area (Å²) in [4.78, 5) is 46.4. The summed E-state index contributed by atoms with van der Waals surface area (Å²) in [6.07, 6.45) is -2.70. The van der Waals surface area contributed by atoms with Crippen LogP contribution in [0.5, 0.6) is 5.75 Å². The number of fused-ring (bicyclic) bond motifs is 1. The molecule has 12 nitrogen and oxygen atoms in total. The van der Waals surface area contributed by atoms with Gasteiger partial charge < -0.3 is 35.0 Å². The Kier molecular flexibility index (Phi) is 8.96.